The Labute approximate surface area is 110 Å². The molecule has 1 aromatic carbocycles. The van der Waals surface area contributed by atoms with Crippen LogP contribution in [0.5, 0.6) is 0 Å². The third-order valence-electron chi connectivity index (χ3n) is 2.94. The Hall–Kier alpha value is -1.81. The molecule has 0 saturated heterocycles. The molecule has 4 nitrogen and oxygen atoms in total. The topological polar surface area (TPSA) is 55.1 Å². The Morgan fingerprint density at radius 2 is 2.00 bits per heavy atom. The second-order valence-electron chi connectivity index (χ2n) is 4.20. The summed E-state index contributed by atoms with van der Waals surface area (Å²) in [7, 11) is 1.86. The first-order valence-electron chi connectivity index (χ1n) is 5.44. The summed E-state index contributed by atoms with van der Waals surface area (Å²) in [5, 5.41) is 13.8. The summed E-state index contributed by atoms with van der Waals surface area (Å²) >= 11 is 5.96. The van der Waals surface area contributed by atoms with Gasteiger partial charge in [-0.2, -0.15) is 5.10 Å². The lowest BCUT2D eigenvalue weighted by molar-refractivity contribution is 0.0697. The van der Waals surface area contributed by atoms with Crippen LogP contribution in [0.15, 0.2) is 18.2 Å². The van der Waals surface area contributed by atoms with Crippen LogP contribution in [0.2, 0.25) is 5.02 Å². The lowest BCUT2D eigenvalue weighted by atomic mass is 10.0. The molecule has 0 aliphatic carbocycles. The minimum atomic E-state index is -0.988. The van der Waals surface area contributed by atoms with E-state index in [4.69, 9.17) is 16.7 Å². The first kappa shape index (κ1) is 12.6. The molecule has 5 heteroatoms. The molecule has 0 aliphatic heterocycles. The van der Waals surface area contributed by atoms with Crippen LogP contribution in [-0.2, 0) is 7.05 Å². The average molecular weight is 265 g/mol. The third-order valence-corrected chi connectivity index (χ3v) is 3.16. The van der Waals surface area contributed by atoms with Crippen LogP contribution in [0, 0.1) is 13.8 Å². The van der Waals surface area contributed by atoms with E-state index in [0.29, 0.717) is 5.02 Å². The van der Waals surface area contributed by atoms with Gasteiger partial charge in [-0.25, -0.2) is 4.79 Å². The van der Waals surface area contributed by atoms with Gasteiger partial charge in [0, 0.05) is 23.3 Å². The van der Waals surface area contributed by atoms with Gasteiger partial charge >= 0.3 is 5.97 Å². The molecule has 1 aromatic heterocycles. The van der Waals surface area contributed by atoms with Crippen molar-refractivity contribution in [3.05, 3.63) is 40.2 Å². The number of carboxylic acid groups (broad SMARTS) is 1. The molecule has 2 rings (SSSR count). The number of hydrogen-bond donors (Lipinski definition) is 1. The average Bonchev–Trinajstić information content (AvgIpc) is 2.52. The van der Waals surface area contributed by atoms with Gasteiger partial charge in [0.25, 0.3) is 0 Å². The molecule has 1 heterocycles. The van der Waals surface area contributed by atoms with E-state index < -0.39 is 5.97 Å². The highest BCUT2D eigenvalue weighted by molar-refractivity contribution is 6.31. The summed E-state index contributed by atoms with van der Waals surface area (Å²) in [6, 6.07) is 4.81. The van der Waals surface area contributed by atoms with Crippen LogP contribution in [0.3, 0.4) is 0 Å². The number of carboxylic acids is 1. The van der Waals surface area contributed by atoms with Gasteiger partial charge in [0.15, 0.2) is 0 Å². The first-order valence-corrected chi connectivity index (χ1v) is 5.82. The number of rotatable bonds is 2. The molecular formula is C13H13ClN2O2. The van der Waals surface area contributed by atoms with Crippen molar-refractivity contribution in [3.8, 4) is 11.1 Å². The smallest absolute Gasteiger partial charge is 0.335 e. The van der Waals surface area contributed by atoms with E-state index in [1.54, 1.807) is 16.8 Å². The molecule has 0 atom stereocenters. The predicted octanol–water partition coefficient (Wildman–Crippen LogP) is 3.06. The highest BCUT2D eigenvalue weighted by Gasteiger charge is 2.14. The molecule has 0 radical (unpaired) electrons. The minimum absolute atomic E-state index is 0.181. The van der Waals surface area contributed by atoms with Gasteiger partial charge in [0.05, 0.1) is 11.3 Å². The highest BCUT2D eigenvalue weighted by atomic mass is 35.5. The summed E-state index contributed by atoms with van der Waals surface area (Å²) in [6.45, 7) is 3.83. The Morgan fingerprint density at radius 3 is 2.50 bits per heavy atom. The molecule has 0 saturated carbocycles. The van der Waals surface area contributed by atoms with Crippen LogP contribution in [0.25, 0.3) is 11.1 Å². The van der Waals surface area contributed by atoms with Crippen molar-refractivity contribution in [2.75, 3.05) is 0 Å². The lowest BCUT2D eigenvalue weighted by Crippen LogP contribution is -1.97. The maximum Gasteiger partial charge on any atom is 0.335 e. The monoisotopic (exact) mass is 264 g/mol. The number of hydrogen-bond acceptors (Lipinski definition) is 2. The van der Waals surface area contributed by atoms with Crippen LogP contribution in [0.4, 0.5) is 0 Å². The minimum Gasteiger partial charge on any atom is -0.478 e. The molecule has 0 fully saturated rings. The van der Waals surface area contributed by atoms with Crippen molar-refractivity contribution in [2.45, 2.75) is 13.8 Å². The highest BCUT2D eigenvalue weighted by Crippen LogP contribution is 2.29. The van der Waals surface area contributed by atoms with Crippen molar-refractivity contribution < 1.29 is 9.90 Å². The number of aromatic carboxylic acids is 1. The van der Waals surface area contributed by atoms with Gasteiger partial charge in [-0.05, 0) is 37.6 Å². The van der Waals surface area contributed by atoms with E-state index in [1.165, 1.54) is 6.07 Å². The predicted molar refractivity (Wildman–Crippen MR) is 70.1 cm³/mol. The van der Waals surface area contributed by atoms with E-state index in [9.17, 15) is 4.79 Å². The van der Waals surface area contributed by atoms with Crippen molar-refractivity contribution in [3.63, 3.8) is 0 Å². The fourth-order valence-electron chi connectivity index (χ4n) is 2.05. The molecule has 0 amide bonds. The summed E-state index contributed by atoms with van der Waals surface area (Å²) < 4.78 is 1.77. The maximum absolute atomic E-state index is 11.0. The second-order valence-corrected chi connectivity index (χ2v) is 4.64. The molecule has 94 valence electrons. The second kappa shape index (κ2) is 4.46. The van der Waals surface area contributed by atoms with Gasteiger partial charge in [0.2, 0.25) is 0 Å². The zero-order valence-corrected chi connectivity index (χ0v) is 11.1. The normalized spacial score (nSPS) is 10.7. The Morgan fingerprint density at radius 1 is 1.33 bits per heavy atom. The molecule has 0 spiro atoms. The summed E-state index contributed by atoms with van der Waals surface area (Å²) in [4.78, 5) is 11.0. The Bertz CT molecular complexity index is 632. The molecule has 0 bridgehead atoms. The lowest BCUT2D eigenvalue weighted by Gasteiger charge is -2.05. The third kappa shape index (κ3) is 2.11. The molecule has 18 heavy (non-hydrogen) atoms. The standard InChI is InChI=1S/C13H13ClN2O2/c1-7-12(8(2)16(3)15-7)9-4-10(13(17)18)6-11(14)5-9/h4-6H,1-3H3,(H,17,18). The fraction of sp³-hybridized carbons (Fsp3) is 0.231. The molecule has 1 N–H and O–H groups in total. The zero-order valence-electron chi connectivity index (χ0n) is 10.4. The van der Waals surface area contributed by atoms with Crippen LogP contribution >= 0.6 is 11.6 Å². The number of halogens is 1. The van der Waals surface area contributed by atoms with Crippen molar-refractivity contribution in [1.82, 2.24) is 9.78 Å². The van der Waals surface area contributed by atoms with E-state index in [2.05, 4.69) is 5.10 Å². The largest absolute Gasteiger partial charge is 0.478 e. The van der Waals surface area contributed by atoms with Gasteiger partial charge in [-0.3, -0.25) is 4.68 Å². The fourth-order valence-corrected chi connectivity index (χ4v) is 2.28. The summed E-state index contributed by atoms with van der Waals surface area (Å²) in [5.74, 6) is -0.988. The number of aromatic nitrogens is 2. The zero-order chi connectivity index (χ0) is 13.4. The van der Waals surface area contributed by atoms with Crippen LogP contribution in [0.1, 0.15) is 21.7 Å². The number of nitrogens with zero attached hydrogens (tertiary/aromatic N) is 2. The van der Waals surface area contributed by atoms with Crippen molar-refractivity contribution in [1.29, 1.82) is 0 Å². The molecular weight excluding hydrogens is 252 g/mol. The summed E-state index contributed by atoms with van der Waals surface area (Å²) in [5.41, 5.74) is 3.73. The molecule has 2 aromatic rings. The van der Waals surface area contributed by atoms with Crippen molar-refractivity contribution in [2.24, 2.45) is 7.05 Å². The van der Waals surface area contributed by atoms with Crippen molar-refractivity contribution >= 4 is 17.6 Å². The quantitative estimate of drug-likeness (QED) is 0.907. The van der Waals surface area contributed by atoms with Gasteiger partial charge in [0.1, 0.15) is 0 Å². The van der Waals surface area contributed by atoms with E-state index >= 15 is 0 Å². The Kier molecular flexibility index (Phi) is 3.13. The molecule has 0 aliphatic rings. The van der Waals surface area contributed by atoms with E-state index in [-0.39, 0.29) is 5.56 Å². The summed E-state index contributed by atoms with van der Waals surface area (Å²) in [6.07, 6.45) is 0. The van der Waals surface area contributed by atoms with Gasteiger partial charge < -0.3 is 5.11 Å². The van der Waals surface area contributed by atoms with Gasteiger partial charge in [-0.15, -0.1) is 0 Å². The number of aryl methyl sites for hydroxylation is 2. The first-order chi connectivity index (χ1) is 8.40. The van der Waals surface area contributed by atoms with Crippen LogP contribution in [-0.4, -0.2) is 20.9 Å². The van der Waals surface area contributed by atoms with Gasteiger partial charge in [-0.1, -0.05) is 11.6 Å². The number of carbonyl (C=O) groups is 1. The Balaban J connectivity index is 2.67. The van der Waals surface area contributed by atoms with E-state index in [1.807, 2.05) is 20.9 Å². The molecule has 0 unspecified atom stereocenters. The SMILES string of the molecule is Cc1nn(C)c(C)c1-c1cc(Cl)cc(C(=O)O)c1. The maximum atomic E-state index is 11.0. The van der Waals surface area contributed by atoms with E-state index in [0.717, 1.165) is 22.5 Å². The van der Waals surface area contributed by atoms with Crippen LogP contribution < -0.4 is 0 Å². The number of benzene rings is 1.